The molecule has 0 saturated carbocycles. The van der Waals surface area contributed by atoms with Crippen LogP contribution in [0.3, 0.4) is 0 Å². The van der Waals surface area contributed by atoms with Crippen molar-refractivity contribution >= 4 is 12.1 Å². The van der Waals surface area contributed by atoms with Gasteiger partial charge in [-0.25, -0.2) is 14.0 Å². The zero-order valence-electron chi connectivity index (χ0n) is 20.9. The maximum atomic E-state index is 13.8. The highest BCUT2D eigenvalue weighted by Crippen LogP contribution is 2.34. The topological polar surface area (TPSA) is 109 Å². The van der Waals surface area contributed by atoms with E-state index in [1.807, 2.05) is 12.1 Å². The minimum Gasteiger partial charge on any atom is -0.497 e. The molecule has 2 aromatic carbocycles. The molecule has 0 radical (unpaired) electrons. The fourth-order valence-electron chi connectivity index (χ4n) is 4.37. The Kier molecular flexibility index (Phi) is 9.75. The fraction of sp³-hybridized carbons (Fsp3) is 0.462. The predicted molar refractivity (Wildman–Crippen MR) is 132 cm³/mol. The van der Waals surface area contributed by atoms with E-state index in [1.54, 1.807) is 38.2 Å². The van der Waals surface area contributed by atoms with Crippen LogP contribution in [0.15, 0.2) is 36.4 Å². The van der Waals surface area contributed by atoms with Crippen LogP contribution in [0, 0.1) is 12.7 Å². The van der Waals surface area contributed by atoms with Gasteiger partial charge in [0.15, 0.2) is 0 Å². The Bertz CT molecular complexity index is 1030. The summed E-state index contributed by atoms with van der Waals surface area (Å²) in [5.41, 5.74) is 2.47. The lowest BCUT2D eigenvalue weighted by atomic mass is 9.91. The Hall–Kier alpha value is -3.53. The number of methoxy groups -OCH3 is 2. The second-order valence-electron chi connectivity index (χ2n) is 8.62. The number of nitrogens with one attached hydrogen (secondary N) is 2. The number of amides is 3. The second kappa shape index (κ2) is 13.0. The highest BCUT2D eigenvalue weighted by Gasteiger charge is 2.35. The third kappa shape index (κ3) is 7.24. The van der Waals surface area contributed by atoms with Gasteiger partial charge in [-0.1, -0.05) is 6.07 Å². The van der Waals surface area contributed by atoms with E-state index in [4.69, 9.17) is 19.3 Å². The third-order valence-electron chi connectivity index (χ3n) is 6.16. The van der Waals surface area contributed by atoms with Crippen LogP contribution in [-0.4, -0.2) is 68.7 Å². The summed E-state index contributed by atoms with van der Waals surface area (Å²) in [5.74, 6) is 0.994. The van der Waals surface area contributed by atoms with Crippen molar-refractivity contribution in [3.05, 3.63) is 58.9 Å². The number of aryl methyl sites for hydroxylation is 1. The first-order chi connectivity index (χ1) is 17.3. The zero-order chi connectivity index (χ0) is 26.1. The van der Waals surface area contributed by atoms with Crippen molar-refractivity contribution in [1.29, 1.82) is 0 Å². The Balaban J connectivity index is 1.69. The molecule has 1 fully saturated rings. The van der Waals surface area contributed by atoms with Crippen molar-refractivity contribution in [2.75, 3.05) is 40.5 Å². The molecule has 1 saturated heterocycles. The van der Waals surface area contributed by atoms with Crippen LogP contribution < -0.4 is 20.1 Å². The maximum absolute atomic E-state index is 13.8. The molecule has 1 heterocycles. The Labute approximate surface area is 210 Å². The molecule has 0 aromatic heterocycles. The molecule has 2 aromatic rings. The number of likely N-dealkylation sites (tertiary alicyclic amines) is 1. The number of carbonyl (C=O) groups is 2. The number of piperidine rings is 1. The molecule has 0 spiro atoms. The summed E-state index contributed by atoms with van der Waals surface area (Å²) in [5, 5.41) is 14.3. The quantitative estimate of drug-likeness (QED) is 0.484. The van der Waals surface area contributed by atoms with Gasteiger partial charge >= 0.3 is 12.1 Å². The summed E-state index contributed by atoms with van der Waals surface area (Å²) in [4.78, 5) is 26.9. The molecular weight excluding hydrogens is 469 g/mol. The molecule has 196 valence electrons. The number of aliphatic hydroxyl groups is 1. The van der Waals surface area contributed by atoms with Gasteiger partial charge in [-0.05, 0) is 54.3 Å². The van der Waals surface area contributed by atoms with Crippen molar-refractivity contribution in [3.8, 4) is 11.5 Å². The van der Waals surface area contributed by atoms with E-state index in [9.17, 15) is 14.0 Å². The number of rotatable bonds is 9. The van der Waals surface area contributed by atoms with Gasteiger partial charge in [-0.15, -0.1) is 0 Å². The van der Waals surface area contributed by atoms with Gasteiger partial charge in [-0.3, -0.25) is 0 Å². The summed E-state index contributed by atoms with van der Waals surface area (Å²) in [6, 6.07) is 9.40. The Morgan fingerprint density at radius 1 is 1.08 bits per heavy atom. The van der Waals surface area contributed by atoms with Crippen molar-refractivity contribution in [2.24, 2.45) is 0 Å². The second-order valence-corrected chi connectivity index (χ2v) is 8.62. The lowest BCUT2D eigenvalue weighted by molar-refractivity contribution is 0.0350. The predicted octanol–water partition coefficient (Wildman–Crippen LogP) is 3.33. The number of hydrogen-bond acceptors (Lipinski definition) is 6. The van der Waals surface area contributed by atoms with Crippen molar-refractivity contribution in [3.63, 3.8) is 0 Å². The van der Waals surface area contributed by atoms with E-state index in [-0.39, 0.29) is 25.0 Å². The molecule has 10 heteroatoms. The molecule has 0 aliphatic carbocycles. The van der Waals surface area contributed by atoms with Crippen LogP contribution in [0.2, 0.25) is 0 Å². The van der Waals surface area contributed by atoms with E-state index in [0.29, 0.717) is 49.4 Å². The lowest BCUT2D eigenvalue weighted by Gasteiger charge is -2.40. The number of carbonyl (C=O) groups excluding carboxylic acids is 2. The van der Waals surface area contributed by atoms with Crippen LogP contribution in [-0.2, 0) is 11.2 Å². The molecule has 2 atom stereocenters. The van der Waals surface area contributed by atoms with Gasteiger partial charge in [0.05, 0.1) is 26.9 Å². The number of hydrogen-bond donors (Lipinski definition) is 3. The monoisotopic (exact) mass is 503 g/mol. The van der Waals surface area contributed by atoms with Gasteiger partial charge in [0.25, 0.3) is 0 Å². The molecular formula is C26H34FN3O6. The molecule has 9 nitrogen and oxygen atoms in total. The number of halogens is 1. The van der Waals surface area contributed by atoms with Crippen LogP contribution in [0.1, 0.15) is 35.6 Å². The number of aliphatic hydroxyl groups excluding tert-OH is 1. The van der Waals surface area contributed by atoms with Gasteiger partial charge in [0.1, 0.15) is 23.4 Å². The van der Waals surface area contributed by atoms with Gasteiger partial charge in [0, 0.05) is 38.5 Å². The summed E-state index contributed by atoms with van der Waals surface area (Å²) in [6.45, 7) is 2.46. The molecule has 3 amide bonds. The van der Waals surface area contributed by atoms with Crippen molar-refractivity contribution in [1.82, 2.24) is 15.5 Å². The van der Waals surface area contributed by atoms with Crippen LogP contribution in [0.25, 0.3) is 0 Å². The number of alkyl carbamates (subject to hydrolysis) is 1. The molecule has 0 bridgehead atoms. The van der Waals surface area contributed by atoms with E-state index < -0.39 is 18.2 Å². The molecule has 1 aliphatic heterocycles. The smallest absolute Gasteiger partial charge is 0.407 e. The number of ether oxygens (including phenoxy) is 3. The molecule has 3 rings (SSSR count). The molecule has 1 aliphatic rings. The molecule has 36 heavy (non-hydrogen) atoms. The number of nitrogens with zero attached hydrogens (tertiary/aromatic N) is 1. The first-order valence-corrected chi connectivity index (χ1v) is 11.9. The Morgan fingerprint density at radius 3 is 2.44 bits per heavy atom. The zero-order valence-corrected chi connectivity index (χ0v) is 20.9. The minimum absolute atomic E-state index is 0.0970. The largest absolute Gasteiger partial charge is 0.497 e. The summed E-state index contributed by atoms with van der Waals surface area (Å²) < 4.78 is 29.9. The van der Waals surface area contributed by atoms with Crippen molar-refractivity contribution in [2.45, 2.75) is 38.3 Å². The van der Waals surface area contributed by atoms with Crippen LogP contribution in [0.4, 0.5) is 14.0 Å². The first kappa shape index (κ1) is 27.1. The standard InChI is InChI=1S/C26H34FN3O6/c1-17-12-19(27)4-5-23(17)24-16-20(36-26(33)29-9-11-31)7-10-30(24)25(32)28-8-6-18-13-21(34-2)15-22(14-18)35-3/h4-5,12-15,20,24,31H,6-11,16H2,1-3H3,(H,28,32)(H,29,33)/t20-,24+/m0/s1. The molecule has 3 N–H and O–H groups in total. The van der Waals surface area contributed by atoms with Crippen LogP contribution >= 0.6 is 0 Å². The third-order valence-corrected chi connectivity index (χ3v) is 6.16. The average molecular weight is 504 g/mol. The highest BCUT2D eigenvalue weighted by molar-refractivity contribution is 5.75. The average Bonchev–Trinajstić information content (AvgIpc) is 2.87. The first-order valence-electron chi connectivity index (χ1n) is 11.9. The normalized spacial score (nSPS) is 17.3. The van der Waals surface area contributed by atoms with E-state index in [0.717, 1.165) is 11.1 Å². The van der Waals surface area contributed by atoms with Gasteiger partial charge in [0.2, 0.25) is 0 Å². The van der Waals surface area contributed by atoms with E-state index >= 15 is 0 Å². The van der Waals surface area contributed by atoms with Crippen molar-refractivity contribution < 1.29 is 33.3 Å². The highest BCUT2D eigenvalue weighted by atomic mass is 19.1. The number of benzene rings is 2. The maximum Gasteiger partial charge on any atom is 0.407 e. The van der Waals surface area contributed by atoms with E-state index in [1.165, 1.54) is 12.1 Å². The lowest BCUT2D eigenvalue weighted by Crippen LogP contribution is -2.49. The fourth-order valence-corrected chi connectivity index (χ4v) is 4.37. The minimum atomic E-state index is -0.616. The molecule has 0 unspecified atom stereocenters. The summed E-state index contributed by atoms with van der Waals surface area (Å²) >= 11 is 0. The Morgan fingerprint density at radius 2 is 1.81 bits per heavy atom. The summed E-state index contributed by atoms with van der Waals surface area (Å²) in [7, 11) is 3.17. The SMILES string of the molecule is COc1cc(CCNC(=O)N2CC[C@H](OC(=O)NCCO)C[C@@H]2c2ccc(F)cc2C)cc(OC)c1. The van der Waals surface area contributed by atoms with E-state index in [2.05, 4.69) is 10.6 Å². The summed E-state index contributed by atoms with van der Waals surface area (Å²) in [6.07, 6.45) is 0.370. The van der Waals surface area contributed by atoms with Crippen LogP contribution in [0.5, 0.6) is 11.5 Å². The number of urea groups is 1. The van der Waals surface area contributed by atoms with Gasteiger partial charge < -0.3 is 34.9 Å². The van der Waals surface area contributed by atoms with Gasteiger partial charge in [-0.2, -0.15) is 0 Å².